The summed E-state index contributed by atoms with van der Waals surface area (Å²) in [6.07, 6.45) is 0.698. The zero-order valence-corrected chi connectivity index (χ0v) is 15.6. The van der Waals surface area contributed by atoms with Crippen molar-refractivity contribution in [3.8, 4) is 5.88 Å². The number of nitrogens with zero attached hydrogens (tertiary/aromatic N) is 4. The zero-order valence-electron chi connectivity index (χ0n) is 14.8. The Morgan fingerprint density at radius 3 is 2.67 bits per heavy atom. The van der Waals surface area contributed by atoms with Gasteiger partial charge in [0.15, 0.2) is 11.9 Å². The van der Waals surface area contributed by atoms with Crippen molar-refractivity contribution in [1.82, 2.24) is 14.6 Å². The second-order valence-corrected chi connectivity index (χ2v) is 7.43. The number of non-ortho nitro benzene ring substituents is 1. The van der Waals surface area contributed by atoms with E-state index < -0.39 is 4.92 Å². The van der Waals surface area contributed by atoms with Crippen LogP contribution in [-0.4, -0.2) is 50.9 Å². The van der Waals surface area contributed by atoms with Gasteiger partial charge in [0.25, 0.3) is 5.69 Å². The van der Waals surface area contributed by atoms with Crippen LogP contribution in [0, 0.1) is 10.1 Å². The van der Waals surface area contributed by atoms with Gasteiger partial charge in [0, 0.05) is 24.1 Å². The number of thiazole rings is 1. The standard InChI is InChI=1S/C17H19N5O4S/c1-2-13-18-17-21(19-13)16(23)15(27-17)14(20-7-9-26-10-8-20)11-3-5-12(6-4-11)22(24)25/h3-6,14,23H,2,7-10H2,1H3/p+1/t14-/m0/s1. The maximum absolute atomic E-state index is 11.0. The van der Waals surface area contributed by atoms with Crippen molar-refractivity contribution in [2.24, 2.45) is 0 Å². The SMILES string of the molecule is CCc1nc2sc([C@H](c3ccc([N+](=O)[O-])cc3)[NH+]3CCOCC3)c(O)n2n1. The second-order valence-electron chi connectivity index (χ2n) is 6.42. The minimum atomic E-state index is -0.409. The van der Waals surface area contributed by atoms with E-state index in [1.165, 1.54) is 32.9 Å². The summed E-state index contributed by atoms with van der Waals surface area (Å²) in [7, 11) is 0. The largest absolute Gasteiger partial charge is 0.492 e. The van der Waals surface area contributed by atoms with Crippen LogP contribution in [0.15, 0.2) is 24.3 Å². The number of morpholine rings is 1. The first-order chi connectivity index (χ1) is 13.1. The molecule has 9 nitrogen and oxygen atoms in total. The maximum Gasteiger partial charge on any atom is 0.269 e. The molecule has 1 saturated heterocycles. The van der Waals surface area contributed by atoms with E-state index in [1.807, 2.05) is 6.92 Å². The molecule has 142 valence electrons. The van der Waals surface area contributed by atoms with E-state index in [0.717, 1.165) is 23.5 Å². The van der Waals surface area contributed by atoms with Crippen LogP contribution in [0.25, 0.3) is 4.96 Å². The van der Waals surface area contributed by atoms with Gasteiger partial charge >= 0.3 is 0 Å². The van der Waals surface area contributed by atoms with E-state index in [0.29, 0.717) is 30.4 Å². The minimum Gasteiger partial charge on any atom is -0.492 e. The Hall–Kier alpha value is -2.56. The van der Waals surface area contributed by atoms with Crippen molar-refractivity contribution in [3.63, 3.8) is 0 Å². The Labute approximate surface area is 159 Å². The monoisotopic (exact) mass is 390 g/mol. The fraction of sp³-hybridized carbons (Fsp3) is 0.412. The van der Waals surface area contributed by atoms with Gasteiger partial charge in [-0.2, -0.15) is 4.52 Å². The van der Waals surface area contributed by atoms with Crippen molar-refractivity contribution in [2.75, 3.05) is 26.3 Å². The Morgan fingerprint density at radius 2 is 2.07 bits per heavy atom. The zero-order chi connectivity index (χ0) is 19.0. The number of hydrogen-bond acceptors (Lipinski definition) is 7. The molecule has 0 spiro atoms. The van der Waals surface area contributed by atoms with Gasteiger partial charge in [0.2, 0.25) is 10.8 Å². The molecule has 3 heterocycles. The highest BCUT2D eigenvalue weighted by Crippen LogP contribution is 2.35. The molecule has 0 radical (unpaired) electrons. The number of quaternary nitrogens is 1. The molecule has 1 fully saturated rings. The predicted octanol–water partition coefficient (Wildman–Crippen LogP) is 0.971. The van der Waals surface area contributed by atoms with E-state index in [9.17, 15) is 15.2 Å². The van der Waals surface area contributed by atoms with Gasteiger partial charge in [-0.15, -0.1) is 5.10 Å². The number of fused-ring (bicyclic) bond motifs is 1. The summed E-state index contributed by atoms with van der Waals surface area (Å²) in [6, 6.07) is 6.38. The Kier molecular flexibility index (Phi) is 4.77. The first kappa shape index (κ1) is 17.8. The number of rotatable bonds is 5. The molecule has 0 saturated carbocycles. The molecule has 0 aliphatic carbocycles. The fourth-order valence-corrected chi connectivity index (χ4v) is 4.57. The van der Waals surface area contributed by atoms with Gasteiger partial charge in [-0.1, -0.05) is 18.3 Å². The van der Waals surface area contributed by atoms with E-state index in [2.05, 4.69) is 10.1 Å². The summed E-state index contributed by atoms with van der Waals surface area (Å²) in [5.74, 6) is 0.776. The number of nitro groups is 1. The summed E-state index contributed by atoms with van der Waals surface area (Å²) in [4.78, 5) is 17.7. The van der Waals surface area contributed by atoms with Crippen LogP contribution in [-0.2, 0) is 11.2 Å². The number of nitro benzene ring substituents is 1. The molecular weight excluding hydrogens is 370 g/mol. The lowest BCUT2D eigenvalue weighted by molar-refractivity contribution is -0.932. The molecule has 1 aliphatic rings. The van der Waals surface area contributed by atoms with Crippen molar-refractivity contribution >= 4 is 22.0 Å². The average molecular weight is 390 g/mol. The molecule has 0 amide bonds. The van der Waals surface area contributed by atoms with Crippen LogP contribution in [0.2, 0.25) is 0 Å². The normalized spacial score (nSPS) is 16.6. The van der Waals surface area contributed by atoms with Crippen LogP contribution in [0.4, 0.5) is 5.69 Å². The molecule has 1 atom stereocenters. The van der Waals surface area contributed by atoms with Crippen LogP contribution < -0.4 is 4.90 Å². The first-order valence-electron chi connectivity index (χ1n) is 8.82. The van der Waals surface area contributed by atoms with Gasteiger partial charge in [-0.05, 0) is 12.1 Å². The third kappa shape index (κ3) is 3.27. The lowest BCUT2D eigenvalue weighted by Gasteiger charge is -2.31. The van der Waals surface area contributed by atoms with Crippen molar-refractivity contribution < 1.29 is 19.7 Å². The lowest BCUT2D eigenvalue weighted by atomic mass is 10.0. The Bertz CT molecular complexity index is 962. The van der Waals surface area contributed by atoms with Crippen LogP contribution in [0.5, 0.6) is 5.88 Å². The lowest BCUT2D eigenvalue weighted by Crippen LogP contribution is -3.14. The van der Waals surface area contributed by atoms with E-state index in [4.69, 9.17) is 4.74 Å². The minimum absolute atomic E-state index is 0.0499. The summed E-state index contributed by atoms with van der Waals surface area (Å²) < 4.78 is 6.96. The highest BCUT2D eigenvalue weighted by atomic mass is 32.1. The van der Waals surface area contributed by atoms with E-state index in [1.54, 1.807) is 12.1 Å². The molecule has 1 aliphatic heterocycles. The molecule has 27 heavy (non-hydrogen) atoms. The molecule has 0 unspecified atom stereocenters. The number of aryl methyl sites for hydroxylation is 1. The van der Waals surface area contributed by atoms with Gasteiger partial charge in [-0.3, -0.25) is 10.1 Å². The fourth-order valence-electron chi connectivity index (χ4n) is 3.41. The number of hydrogen-bond donors (Lipinski definition) is 2. The molecule has 4 rings (SSSR count). The molecule has 10 heteroatoms. The molecule has 0 bridgehead atoms. The highest BCUT2D eigenvalue weighted by Gasteiger charge is 2.34. The third-order valence-corrected chi connectivity index (χ3v) is 5.89. The molecular formula is C17H20N5O4S+. The van der Waals surface area contributed by atoms with Crippen molar-refractivity contribution in [3.05, 3.63) is 50.6 Å². The van der Waals surface area contributed by atoms with Gasteiger partial charge in [0.1, 0.15) is 18.0 Å². The number of aromatic hydroxyl groups is 1. The van der Waals surface area contributed by atoms with E-state index in [-0.39, 0.29) is 17.6 Å². The Morgan fingerprint density at radius 1 is 1.37 bits per heavy atom. The average Bonchev–Trinajstić information content (AvgIpc) is 3.23. The number of aromatic nitrogens is 3. The van der Waals surface area contributed by atoms with Crippen molar-refractivity contribution in [1.29, 1.82) is 0 Å². The molecule has 3 aromatic rings. The van der Waals surface area contributed by atoms with E-state index >= 15 is 0 Å². The second kappa shape index (κ2) is 7.22. The Balaban J connectivity index is 1.79. The quantitative estimate of drug-likeness (QED) is 0.497. The van der Waals surface area contributed by atoms with Crippen molar-refractivity contribution in [2.45, 2.75) is 19.4 Å². The van der Waals surface area contributed by atoms with Crippen LogP contribution in [0.3, 0.4) is 0 Å². The summed E-state index contributed by atoms with van der Waals surface area (Å²) in [5.41, 5.74) is 0.960. The summed E-state index contributed by atoms with van der Waals surface area (Å²) in [5, 5.41) is 26.2. The molecule has 2 aromatic heterocycles. The van der Waals surface area contributed by atoms with Gasteiger partial charge in [-0.25, -0.2) is 4.98 Å². The first-order valence-corrected chi connectivity index (χ1v) is 9.64. The van der Waals surface area contributed by atoms with Crippen LogP contribution in [0.1, 0.15) is 29.2 Å². The van der Waals surface area contributed by atoms with Gasteiger partial charge in [0.05, 0.1) is 18.1 Å². The number of benzene rings is 1. The molecule has 2 N–H and O–H groups in total. The third-order valence-electron chi connectivity index (χ3n) is 4.80. The highest BCUT2D eigenvalue weighted by molar-refractivity contribution is 7.17. The number of ether oxygens (including phenoxy) is 1. The number of nitrogens with one attached hydrogen (secondary N) is 1. The summed E-state index contributed by atoms with van der Waals surface area (Å²) in [6.45, 7) is 4.82. The topological polar surface area (TPSA) is 107 Å². The van der Waals surface area contributed by atoms with Gasteiger partial charge < -0.3 is 14.7 Å². The summed E-state index contributed by atoms with van der Waals surface area (Å²) >= 11 is 1.41. The van der Waals surface area contributed by atoms with Crippen LogP contribution >= 0.6 is 11.3 Å². The maximum atomic E-state index is 11.0. The molecule has 1 aromatic carbocycles. The predicted molar refractivity (Wildman–Crippen MR) is 98.4 cm³/mol. The smallest absolute Gasteiger partial charge is 0.269 e.